The Morgan fingerprint density at radius 2 is 2.10 bits per heavy atom. The fourth-order valence-corrected chi connectivity index (χ4v) is 1.96. The second-order valence-corrected chi connectivity index (χ2v) is 4.33. The molecule has 6 nitrogen and oxygen atoms in total. The van der Waals surface area contributed by atoms with E-state index in [0.717, 1.165) is 5.56 Å². The number of para-hydroxylation sites is 2. The van der Waals surface area contributed by atoms with Gasteiger partial charge in [-0.2, -0.15) is 0 Å². The molecule has 0 aliphatic carbocycles. The number of hydrogen-bond acceptors (Lipinski definition) is 4. The summed E-state index contributed by atoms with van der Waals surface area (Å²) in [5.74, 6) is -0.801. The molecule has 0 spiro atoms. The Labute approximate surface area is 113 Å². The highest BCUT2D eigenvalue weighted by Crippen LogP contribution is 2.11. The summed E-state index contributed by atoms with van der Waals surface area (Å²) in [6.45, 7) is 0.285. The van der Waals surface area contributed by atoms with Crippen LogP contribution in [0.15, 0.2) is 56.5 Å². The molecule has 3 rings (SSSR count). The number of aromatic nitrogens is 1. The van der Waals surface area contributed by atoms with E-state index in [1.54, 1.807) is 36.6 Å². The number of amides is 1. The standard InChI is InChI=1S/C14H12N2O4/c17-13(15-7-10-5-6-19-9-10)8-16-11-3-1-2-4-12(11)20-14(16)18/h1-6,9H,7-8H2,(H,15,17). The van der Waals surface area contributed by atoms with E-state index in [4.69, 9.17) is 8.83 Å². The molecule has 1 aromatic carbocycles. The van der Waals surface area contributed by atoms with Crippen molar-refractivity contribution < 1.29 is 13.6 Å². The highest BCUT2D eigenvalue weighted by atomic mass is 16.4. The second kappa shape index (κ2) is 5.08. The molecule has 0 bridgehead atoms. The van der Waals surface area contributed by atoms with Gasteiger partial charge in [-0.3, -0.25) is 9.36 Å². The van der Waals surface area contributed by atoms with Crippen molar-refractivity contribution in [3.63, 3.8) is 0 Å². The zero-order valence-electron chi connectivity index (χ0n) is 10.5. The molecule has 0 saturated carbocycles. The number of fused-ring (bicyclic) bond motifs is 1. The topological polar surface area (TPSA) is 77.4 Å². The van der Waals surface area contributed by atoms with Gasteiger partial charge in [-0.15, -0.1) is 0 Å². The number of nitrogens with one attached hydrogen (secondary N) is 1. The molecule has 6 heteroatoms. The average Bonchev–Trinajstić information content (AvgIpc) is 3.06. The van der Waals surface area contributed by atoms with Gasteiger partial charge >= 0.3 is 5.76 Å². The van der Waals surface area contributed by atoms with Crippen LogP contribution >= 0.6 is 0 Å². The lowest BCUT2D eigenvalue weighted by Gasteiger charge is -2.04. The quantitative estimate of drug-likeness (QED) is 0.780. The van der Waals surface area contributed by atoms with Crippen LogP contribution in [0.4, 0.5) is 0 Å². The lowest BCUT2D eigenvalue weighted by Crippen LogP contribution is -2.30. The van der Waals surface area contributed by atoms with E-state index in [9.17, 15) is 9.59 Å². The van der Waals surface area contributed by atoms with Crippen molar-refractivity contribution in [3.8, 4) is 0 Å². The lowest BCUT2D eigenvalue weighted by atomic mass is 10.3. The summed E-state index contributed by atoms with van der Waals surface area (Å²) in [5, 5.41) is 2.71. The normalized spacial score (nSPS) is 10.8. The van der Waals surface area contributed by atoms with Crippen LogP contribution in [-0.2, 0) is 17.9 Å². The molecule has 3 aromatic rings. The summed E-state index contributed by atoms with van der Waals surface area (Å²) in [7, 11) is 0. The molecule has 20 heavy (non-hydrogen) atoms. The largest absolute Gasteiger partial charge is 0.472 e. The zero-order valence-corrected chi connectivity index (χ0v) is 10.5. The van der Waals surface area contributed by atoms with Crippen molar-refractivity contribution in [1.29, 1.82) is 0 Å². The van der Waals surface area contributed by atoms with Gasteiger partial charge in [-0.05, 0) is 18.2 Å². The van der Waals surface area contributed by atoms with Gasteiger partial charge in [-0.1, -0.05) is 12.1 Å². The van der Waals surface area contributed by atoms with Crippen molar-refractivity contribution >= 4 is 17.0 Å². The highest BCUT2D eigenvalue weighted by molar-refractivity contribution is 5.79. The van der Waals surface area contributed by atoms with Gasteiger partial charge in [0.1, 0.15) is 6.54 Å². The van der Waals surface area contributed by atoms with E-state index < -0.39 is 5.76 Å². The first-order chi connectivity index (χ1) is 9.74. The van der Waals surface area contributed by atoms with Gasteiger partial charge in [0.15, 0.2) is 5.58 Å². The predicted octanol–water partition coefficient (Wildman–Crippen LogP) is 1.50. The van der Waals surface area contributed by atoms with E-state index in [1.165, 1.54) is 10.8 Å². The fraction of sp³-hybridized carbons (Fsp3) is 0.143. The average molecular weight is 272 g/mol. The Hall–Kier alpha value is -2.76. The van der Waals surface area contributed by atoms with Crippen LogP contribution in [0.1, 0.15) is 5.56 Å². The van der Waals surface area contributed by atoms with Crippen LogP contribution < -0.4 is 11.1 Å². The van der Waals surface area contributed by atoms with E-state index in [0.29, 0.717) is 17.6 Å². The Morgan fingerprint density at radius 3 is 2.90 bits per heavy atom. The Morgan fingerprint density at radius 1 is 1.25 bits per heavy atom. The Bertz CT molecular complexity index is 783. The maximum Gasteiger partial charge on any atom is 0.420 e. The minimum absolute atomic E-state index is 0.0757. The SMILES string of the molecule is O=C(Cn1c(=O)oc2ccccc21)NCc1ccoc1. The molecule has 2 aromatic heterocycles. The van der Waals surface area contributed by atoms with Gasteiger partial charge in [0.25, 0.3) is 0 Å². The number of furan rings is 1. The Balaban J connectivity index is 1.74. The number of rotatable bonds is 4. The van der Waals surface area contributed by atoms with Crippen LogP contribution in [0, 0.1) is 0 Å². The first kappa shape index (κ1) is 12.3. The highest BCUT2D eigenvalue weighted by Gasteiger charge is 2.11. The van der Waals surface area contributed by atoms with Crippen LogP contribution in [0.2, 0.25) is 0 Å². The van der Waals surface area contributed by atoms with E-state index in [2.05, 4.69) is 5.32 Å². The van der Waals surface area contributed by atoms with Gasteiger partial charge in [0.2, 0.25) is 5.91 Å². The minimum atomic E-state index is -0.537. The van der Waals surface area contributed by atoms with Crippen molar-refractivity contribution in [2.45, 2.75) is 13.1 Å². The molecule has 0 atom stereocenters. The van der Waals surface area contributed by atoms with Crippen LogP contribution in [0.5, 0.6) is 0 Å². The zero-order chi connectivity index (χ0) is 13.9. The third-order valence-corrected chi connectivity index (χ3v) is 2.95. The van der Waals surface area contributed by atoms with Gasteiger partial charge in [0, 0.05) is 12.1 Å². The fourth-order valence-electron chi connectivity index (χ4n) is 1.96. The van der Waals surface area contributed by atoms with Crippen LogP contribution in [0.3, 0.4) is 0 Å². The van der Waals surface area contributed by atoms with Crippen molar-refractivity contribution in [2.75, 3.05) is 0 Å². The number of hydrogen-bond donors (Lipinski definition) is 1. The smallest absolute Gasteiger partial charge is 0.420 e. The third kappa shape index (κ3) is 2.35. The molecule has 0 aliphatic rings. The van der Waals surface area contributed by atoms with E-state index in [-0.39, 0.29) is 12.5 Å². The molecule has 0 fully saturated rings. The summed E-state index contributed by atoms with van der Waals surface area (Å²) in [6.07, 6.45) is 3.09. The van der Waals surface area contributed by atoms with Crippen LogP contribution in [0.25, 0.3) is 11.1 Å². The molecule has 0 unspecified atom stereocenters. The summed E-state index contributed by atoms with van der Waals surface area (Å²) in [4.78, 5) is 23.6. The summed E-state index contributed by atoms with van der Waals surface area (Å²) >= 11 is 0. The second-order valence-electron chi connectivity index (χ2n) is 4.33. The lowest BCUT2D eigenvalue weighted by molar-refractivity contribution is -0.121. The molecule has 102 valence electrons. The molecule has 0 saturated heterocycles. The molecule has 1 N–H and O–H groups in total. The Kier molecular flexibility index (Phi) is 3.12. The summed E-state index contributed by atoms with van der Waals surface area (Å²) < 4.78 is 11.3. The monoisotopic (exact) mass is 272 g/mol. The summed E-state index contributed by atoms with van der Waals surface area (Å²) in [5.41, 5.74) is 1.94. The van der Waals surface area contributed by atoms with Gasteiger partial charge < -0.3 is 14.2 Å². The maximum absolute atomic E-state index is 11.9. The number of oxazole rings is 1. The maximum atomic E-state index is 11.9. The predicted molar refractivity (Wildman–Crippen MR) is 71.0 cm³/mol. The van der Waals surface area contributed by atoms with Crippen molar-refractivity contribution in [2.24, 2.45) is 0 Å². The third-order valence-electron chi connectivity index (χ3n) is 2.95. The number of carbonyl (C=O) groups is 1. The van der Waals surface area contributed by atoms with Crippen molar-refractivity contribution in [3.05, 3.63) is 59.0 Å². The molecular formula is C14H12N2O4. The first-order valence-corrected chi connectivity index (χ1v) is 6.10. The number of nitrogens with zero attached hydrogens (tertiary/aromatic N) is 1. The molecule has 0 aliphatic heterocycles. The van der Waals surface area contributed by atoms with Gasteiger partial charge in [-0.25, -0.2) is 4.79 Å². The van der Waals surface area contributed by atoms with E-state index >= 15 is 0 Å². The molecular weight excluding hydrogens is 260 g/mol. The first-order valence-electron chi connectivity index (χ1n) is 6.10. The minimum Gasteiger partial charge on any atom is -0.472 e. The van der Waals surface area contributed by atoms with Crippen LogP contribution in [-0.4, -0.2) is 10.5 Å². The van der Waals surface area contributed by atoms with Crippen molar-refractivity contribution in [1.82, 2.24) is 9.88 Å². The van der Waals surface area contributed by atoms with Gasteiger partial charge in [0.05, 0.1) is 18.0 Å². The molecule has 1 amide bonds. The number of benzene rings is 1. The summed E-state index contributed by atoms with van der Waals surface area (Å²) in [6, 6.07) is 8.76. The number of carbonyl (C=O) groups excluding carboxylic acids is 1. The van der Waals surface area contributed by atoms with E-state index in [1.807, 2.05) is 0 Å². The molecule has 2 heterocycles. The molecule has 0 radical (unpaired) electrons.